The summed E-state index contributed by atoms with van der Waals surface area (Å²) in [4.78, 5) is 28.1. The number of hydrogen-bond acceptors (Lipinski definition) is 4. The monoisotopic (exact) mass is 444 g/mol. The van der Waals surface area contributed by atoms with Gasteiger partial charge in [-0.05, 0) is 86.8 Å². The van der Waals surface area contributed by atoms with Gasteiger partial charge in [0.25, 0.3) is 11.8 Å². The van der Waals surface area contributed by atoms with Crippen LogP contribution in [0.4, 0.5) is 15.8 Å². The van der Waals surface area contributed by atoms with E-state index in [1.165, 1.54) is 24.3 Å². The van der Waals surface area contributed by atoms with E-state index in [-0.39, 0.29) is 17.4 Å². The maximum absolute atomic E-state index is 13.6. The Hall–Kier alpha value is -3.93. The Kier molecular flexibility index (Phi) is 6.01. The summed E-state index contributed by atoms with van der Waals surface area (Å²) in [6.07, 6.45) is 0.00557. The molecule has 0 aromatic heterocycles. The van der Waals surface area contributed by atoms with Crippen LogP contribution < -0.4 is 15.0 Å². The first-order chi connectivity index (χ1) is 15.8. The Bertz CT molecular complexity index is 1250. The van der Waals surface area contributed by atoms with Gasteiger partial charge in [-0.1, -0.05) is 24.3 Å². The number of amides is 2. The summed E-state index contributed by atoms with van der Waals surface area (Å²) >= 11 is 0. The van der Waals surface area contributed by atoms with Crippen molar-refractivity contribution in [1.29, 1.82) is 0 Å². The fourth-order valence-corrected chi connectivity index (χ4v) is 3.73. The fraction of sp³-hybridized carbons (Fsp3) is 0.185. The quantitative estimate of drug-likeness (QED) is 0.501. The van der Waals surface area contributed by atoms with Gasteiger partial charge in [0.05, 0.1) is 17.4 Å². The van der Waals surface area contributed by atoms with Crippen LogP contribution in [0, 0.1) is 19.7 Å². The number of rotatable bonds is 6. The first-order valence-electron chi connectivity index (χ1n) is 10.7. The lowest BCUT2D eigenvalue weighted by Gasteiger charge is -2.17. The van der Waals surface area contributed by atoms with Gasteiger partial charge >= 0.3 is 0 Å². The van der Waals surface area contributed by atoms with E-state index in [9.17, 15) is 14.0 Å². The number of aryl methyl sites for hydroxylation is 1. The third kappa shape index (κ3) is 4.37. The maximum atomic E-state index is 13.6. The number of nitrogens with zero attached hydrogens (tertiary/aromatic N) is 1. The van der Waals surface area contributed by atoms with Gasteiger partial charge in [0.15, 0.2) is 0 Å². The predicted octanol–water partition coefficient (Wildman–Crippen LogP) is 5.63. The molecule has 5 nitrogen and oxygen atoms in total. The van der Waals surface area contributed by atoms with E-state index in [2.05, 4.69) is 5.32 Å². The zero-order valence-corrected chi connectivity index (χ0v) is 19.0. The molecule has 1 aliphatic heterocycles. The molecule has 0 unspecified atom stereocenters. The largest absolute Gasteiger partial charge is 0.491 e. The van der Waals surface area contributed by atoms with Crippen LogP contribution in [0.5, 0.6) is 5.75 Å². The van der Waals surface area contributed by atoms with Crippen LogP contribution in [0.3, 0.4) is 0 Å². The van der Waals surface area contributed by atoms with Gasteiger partial charge in [-0.25, -0.2) is 9.29 Å². The molecule has 0 saturated carbocycles. The zero-order chi connectivity index (χ0) is 23.7. The summed E-state index contributed by atoms with van der Waals surface area (Å²) in [5, 5.41) is 3.18. The lowest BCUT2D eigenvalue weighted by molar-refractivity contribution is -0.120. The lowest BCUT2D eigenvalue weighted by atomic mass is 10.0. The Labute approximate surface area is 192 Å². The molecule has 0 atom stereocenters. The van der Waals surface area contributed by atoms with E-state index in [0.717, 1.165) is 21.7 Å². The molecule has 0 aliphatic carbocycles. The Morgan fingerprint density at radius 3 is 2.18 bits per heavy atom. The van der Waals surface area contributed by atoms with Crippen molar-refractivity contribution in [2.75, 3.05) is 10.2 Å². The summed E-state index contributed by atoms with van der Waals surface area (Å²) < 4.78 is 19.2. The second-order valence-corrected chi connectivity index (χ2v) is 8.24. The van der Waals surface area contributed by atoms with Gasteiger partial charge in [0, 0.05) is 5.69 Å². The number of halogens is 1. The van der Waals surface area contributed by atoms with Crippen LogP contribution in [-0.2, 0) is 9.59 Å². The molecular formula is C27H25FN2O3. The minimum Gasteiger partial charge on any atom is -0.491 e. The number of nitrogens with one attached hydrogen (secondary N) is 1. The van der Waals surface area contributed by atoms with Crippen molar-refractivity contribution in [2.45, 2.75) is 33.8 Å². The average molecular weight is 445 g/mol. The molecule has 3 aromatic rings. The van der Waals surface area contributed by atoms with Crippen molar-refractivity contribution in [3.05, 3.63) is 94.9 Å². The second kappa shape index (κ2) is 8.90. The molecule has 0 saturated heterocycles. The minimum atomic E-state index is -0.475. The van der Waals surface area contributed by atoms with Crippen molar-refractivity contribution in [2.24, 2.45) is 0 Å². The number of hydrogen-bond donors (Lipinski definition) is 1. The topological polar surface area (TPSA) is 58.6 Å². The summed E-state index contributed by atoms with van der Waals surface area (Å²) in [6.45, 7) is 7.77. The molecule has 0 radical (unpaired) electrons. The van der Waals surface area contributed by atoms with Crippen LogP contribution >= 0.6 is 0 Å². The van der Waals surface area contributed by atoms with E-state index in [1.807, 2.05) is 45.9 Å². The number of anilines is 2. The third-order valence-electron chi connectivity index (χ3n) is 5.55. The summed E-state index contributed by atoms with van der Waals surface area (Å²) in [5.41, 5.74) is 4.00. The Morgan fingerprint density at radius 1 is 0.879 bits per heavy atom. The molecule has 168 valence electrons. The minimum absolute atomic E-state index is 0.00557. The van der Waals surface area contributed by atoms with E-state index in [1.54, 1.807) is 24.3 Å². The first kappa shape index (κ1) is 22.3. The summed E-state index contributed by atoms with van der Waals surface area (Å²) in [6, 6.07) is 18.1. The van der Waals surface area contributed by atoms with Crippen molar-refractivity contribution in [1.82, 2.24) is 0 Å². The standard InChI is InChI=1S/C27H25FN2O3/c1-16(2)33-22-14-12-21(13-15-22)30-26(31)24(19-8-10-20(28)11-9-19)25(27(30)32)29-23-7-5-6-17(3)18(23)4/h5-16,29H,1-4H3. The van der Waals surface area contributed by atoms with Gasteiger partial charge in [0.2, 0.25) is 0 Å². The molecule has 3 aromatic carbocycles. The fourth-order valence-electron chi connectivity index (χ4n) is 3.73. The summed E-state index contributed by atoms with van der Waals surface area (Å²) in [5.74, 6) is -0.722. The molecule has 33 heavy (non-hydrogen) atoms. The smallest absolute Gasteiger partial charge is 0.282 e. The van der Waals surface area contributed by atoms with Crippen molar-refractivity contribution >= 4 is 28.8 Å². The maximum Gasteiger partial charge on any atom is 0.282 e. The molecular weight excluding hydrogens is 419 g/mol. The SMILES string of the molecule is Cc1cccc(NC2=C(c3ccc(F)cc3)C(=O)N(c3ccc(OC(C)C)cc3)C2=O)c1C. The highest BCUT2D eigenvalue weighted by Crippen LogP contribution is 2.35. The van der Waals surface area contributed by atoms with Crippen LogP contribution in [0.1, 0.15) is 30.5 Å². The zero-order valence-electron chi connectivity index (χ0n) is 19.0. The third-order valence-corrected chi connectivity index (χ3v) is 5.55. The first-order valence-corrected chi connectivity index (χ1v) is 10.7. The van der Waals surface area contributed by atoms with Gasteiger partial charge in [-0.3, -0.25) is 9.59 Å². The highest BCUT2D eigenvalue weighted by atomic mass is 19.1. The molecule has 1 heterocycles. The van der Waals surface area contributed by atoms with Crippen molar-refractivity contribution in [3.63, 3.8) is 0 Å². The van der Waals surface area contributed by atoms with Gasteiger partial charge in [0.1, 0.15) is 17.3 Å². The molecule has 0 fully saturated rings. The molecule has 6 heteroatoms. The van der Waals surface area contributed by atoms with Crippen molar-refractivity contribution < 1.29 is 18.7 Å². The van der Waals surface area contributed by atoms with Crippen LogP contribution in [-0.4, -0.2) is 17.9 Å². The van der Waals surface area contributed by atoms with E-state index in [0.29, 0.717) is 17.0 Å². The van der Waals surface area contributed by atoms with E-state index in [4.69, 9.17) is 4.74 Å². The average Bonchev–Trinajstić information content (AvgIpc) is 3.02. The number of imide groups is 1. The van der Waals surface area contributed by atoms with Crippen LogP contribution in [0.2, 0.25) is 0 Å². The number of ether oxygens (including phenoxy) is 1. The van der Waals surface area contributed by atoms with Crippen molar-refractivity contribution in [3.8, 4) is 5.75 Å². The highest BCUT2D eigenvalue weighted by molar-refractivity contribution is 6.46. The molecule has 1 N–H and O–H groups in total. The molecule has 4 rings (SSSR count). The van der Waals surface area contributed by atoms with Gasteiger partial charge in [-0.15, -0.1) is 0 Å². The molecule has 0 bridgehead atoms. The predicted molar refractivity (Wildman–Crippen MR) is 128 cm³/mol. The van der Waals surface area contributed by atoms with Crippen LogP contribution in [0.25, 0.3) is 5.57 Å². The second-order valence-electron chi connectivity index (χ2n) is 8.24. The number of benzene rings is 3. The molecule has 2 amide bonds. The van der Waals surface area contributed by atoms with E-state index < -0.39 is 17.6 Å². The number of carbonyl (C=O) groups excluding carboxylic acids is 2. The van der Waals surface area contributed by atoms with Gasteiger partial charge in [-0.2, -0.15) is 0 Å². The summed E-state index contributed by atoms with van der Waals surface area (Å²) in [7, 11) is 0. The Morgan fingerprint density at radius 2 is 1.55 bits per heavy atom. The Balaban J connectivity index is 1.77. The normalized spacial score (nSPS) is 13.8. The van der Waals surface area contributed by atoms with Crippen LogP contribution in [0.15, 0.2) is 72.4 Å². The molecule has 0 spiro atoms. The van der Waals surface area contributed by atoms with E-state index >= 15 is 0 Å². The lowest BCUT2D eigenvalue weighted by Crippen LogP contribution is -2.32. The van der Waals surface area contributed by atoms with Gasteiger partial charge < -0.3 is 10.1 Å². The number of carbonyl (C=O) groups is 2. The molecule has 1 aliphatic rings. The highest BCUT2D eigenvalue weighted by Gasteiger charge is 2.40.